The van der Waals surface area contributed by atoms with E-state index in [2.05, 4.69) is 0 Å². The fraction of sp³-hybridized carbons (Fsp3) is 0. The summed E-state index contributed by atoms with van der Waals surface area (Å²) in [4.78, 5) is 49.2. The van der Waals surface area contributed by atoms with E-state index in [0.29, 0.717) is 0 Å². The van der Waals surface area contributed by atoms with E-state index in [9.17, 15) is 19.2 Å². The van der Waals surface area contributed by atoms with Crippen molar-refractivity contribution in [2.24, 2.45) is 0 Å². The van der Waals surface area contributed by atoms with Gasteiger partial charge in [0.05, 0.1) is 16.7 Å². The highest BCUT2D eigenvalue weighted by atomic mass is 16.6. The Hall–Kier alpha value is -5.24. The van der Waals surface area contributed by atoms with Gasteiger partial charge in [-0.2, -0.15) is 0 Å². The van der Waals surface area contributed by atoms with Gasteiger partial charge in [0, 0.05) is 12.1 Å². The van der Waals surface area contributed by atoms with Gasteiger partial charge in [0.25, 0.3) is 6.47 Å². The van der Waals surface area contributed by atoms with Crippen LogP contribution in [0.15, 0.2) is 103 Å². The molecule has 4 aromatic rings. The van der Waals surface area contributed by atoms with Gasteiger partial charge in [-0.05, 0) is 36.4 Å². The third-order valence-electron chi connectivity index (χ3n) is 4.82. The molecule has 0 spiro atoms. The molecule has 36 heavy (non-hydrogen) atoms. The summed E-state index contributed by atoms with van der Waals surface area (Å²) < 4.78 is 21.3. The zero-order valence-corrected chi connectivity index (χ0v) is 18.7. The molecule has 0 unspecified atom stereocenters. The highest BCUT2D eigenvalue weighted by Crippen LogP contribution is 2.41. The van der Waals surface area contributed by atoms with Crippen LogP contribution < -0.4 is 18.9 Å². The summed E-state index contributed by atoms with van der Waals surface area (Å²) in [6, 6.07) is 26.6. The van der Waals surface area contributed by atoms with Crippen LogP contribution >= 0.6 is 0 Å². The summed E-state index contributed by atoms with van der Waals surface area (Å²) in [7, 11) is 0. The molecule has 0 aliphatic carbocycles. The Labute approximate surface area is 205 Å². The van der Waals surface area contributed by atoms with Crippen molar-refractivity contribution in [3.63, 3.8) is 0 Å². The molecular weight excluding hydrogens is 464 g/mol. The maximum absolute atomic E-state index is 12.7. The number of ether oxygens (including phenoxy) is 4. The number of carbonyl (C=O) groups is 4. The molecule has 0 atom stereocenters. The first-order valence-electron chi connectivity index (χ1n) is 10.6. The number of hydrogen-bond acceptors (Lipinski definition) is 8. The van der Waals surface area contributed by atoms with E-state index in [1.807, 2.05) is 0 Å². The van der Waals surface area contributed by atoms with Crippen molar-refractivity contribution < 1.29 is 38.1 Å². The highest BCUT2D eigenvalue weighted by Gasteiger charge is 2.23. The Kier molecular flexibility index (Phi) is 7.47. The van der Waals surface area contributed by atoms with Gasteiger partial charge in [-0.3, -0.25) is 4.79 Å². The Morgan fingerprint density at radius 2 is 0.778 bits per heavy atom. The normalized spacial score (nSPS) is 10.1. The number of carbonyl (C=O) groups excluding carboxylic acids is 4. The van der Waals surface area contributed by atoms with Crippen LogP contribution in [-0.4, -0.2) is 24.4 Å². The second kappa shape index (κ2) is 11.3. The van der Waals surface area contributed by atoms with Gasteiger partial charge in [0.15, 0.2) is 23.0 Å². The largest absolute Gasteiger partial charge is 0.425 e. The van der Waals surface area contributed by atoms with Crippen molar-refractivity contribution in [2.45, 2.75) is 0 Å². The lowest BCUT2D eigenvalue weighted by molar-refractivity contribution is -0.120. The SMILES string of the molecule is O=COc1cc(OC(=O)c2ccccc2)c(OC(=O)c2ccccc2)cc1OC(=O)c1ccccc1. The van der Waals surface area contributed by atoms with Crippen LogP contribution in [0.2, 0.25) is 0 Å². The second-order valence-corrected chi connectivity index (χ2v) is 7.23. The molecule has 0 heterocycles. The van der Waals surface area contributed by atoms with E-state index >= 15 is 0 Å². The zero-order valence-electron chi connectivity index (χ0n) is 18.7. The Morgan fingerprint density at radius 3 is 1.11 bits per heavy atom. The fourth-order valence-corrected chi connectivity index (χ4v) is 3.10. The molecule has 0 aliphatic rings. The summed E-state index contributed by atoms with van der Waals surface area (Å²) in [5.74, 6) is -3.18. The molecular formula is C28H18O8. The number of hydrogen-bond donors (Lipinski definition) is 0. The van der Waals surface area contributed by atoms with Crippen molar-refractivity contribution in [2.75, 3.05) is 0 Å². The van der Waals surface area contributed by atoms with E-state index in [1.54, 1.807) is 54.6 Å². The van der Waals surface area contributed by atoms with E-state index in [4.69, 9.17) is 18.9 Å². The van der Waals surface area contributed by atoms with Crippen molar-refractivity contribution >= 4 is 24.4 Å². The van der Waals surface area contributed by atoms with Crippen LogP contribution in [0.4, 0.5) is 0 Å². The first kappa shape index (κ1) is 23.9. The van der Waals surface area contributed by atoms with Gasteiger partial charge < -0.3 is 18.9 Å². The number of esters is 3. The van der Waals surface area contributed by atoms with Crippen LogP contribution in [-0.2, 0) is 4.79 Å². The molecule has 0 radical (unpaired) electrons. The minimum absolute atomic E-state index is 0.119. The summed E-state index contributed by atoms with van der Waals surface area (Å²) in [5, 5.41) is 0. The van der Waals surface area contributed by atoms with Gasteiger partial charge in [-0.25, -0.2) is 14.4 Å². The molecule has 178 valence electrons. The smallest absolute Gasteiger partial charge is 0.343 e. The third-order valence-corrected chi connectivity index (χ3v) is 4.82. The van der Waals surface area contributed by atoms with Crippen molar-refractivity contribution in [3.05, 3.63) is 120 Å². The summed E-state index contributed by atoms with van der Waals surface area (Å²) in [6.45, 7) is 0.119. The standard InChI is InChI=1S/C28H18O8/c29-18-33-22-16-24(35-27(31)20-12-6-2-7-13-20)25(36-28(32)21-14-8-3-9-15-21)17-23(22)34-26(30)19-10-4-1-5-11-19/h1-18H. The molecule has 0 saturated heterocycles. The molecule has 0 N–H and O–H groups in total. The Morgan fingerprint density at radius 1 is 0.472 bits per heavy atom. The first-order valence-corrected chi connectivity index (χ1v) is 10.6. The van der Waals surface area contributed by atoms with Gasteiger partial charge in [0.2, 0.25) is 0 Å². The van der Waals surface area contributed by atoms with E-state index < -0.39 is 17.9 Å². The molecule has 8 nitrogen and oxygen atoms in total. The van der Waals surface area contributed by atoms with Gasteiger partial charge in [-0.1, -0.05) is 54.6 Å². The van der Waals surface area contributed by atoms with Crippen LogP contribution in [0.5, 0.6) is 23.0 Å². The molecule has 0 amide bonds. The van der Waals surface area contributed by atoms with Crippen LogP contribution in [0.3, 0.4) is 0 Å². The van der Waals surface area contributed by atoms with E-state index in [1.165, 1.54) is 36.4 Å². The summed E-state index contributed by atoms with van der Waals surface area (Å²) in [6.07, 6.45) is 0. The molecule has 0 aromatic heterocycles. The van der Waals surface area contributed by atoms with Crippen molar-refractivity contribution in [3.8, 4) is 23.0 Å². The predicted octanol–water partition coefficient (Wildman–Crippen LogP) is 4.88. The fourth-order valence-electron chi connectivity index (χ4n) is 3.10. The summed E-state index contributed by atoms with van der Waals surface area (Å²) in [5.41, 5.74) is 0.695. The maximum atomic E-state index is 12.7. The zero-order chi connectivity index (χ0) is 25.3. The van der Waals surface area contributed by atoms with Gasteiger partial charge in [0.1, 0.15) is 0 Å². The Balaban J connectivity index is 1.72. The Bertz CT molecular complexity index is 1380. The average molecular weight is 482 g/mol. The highest BCUT2D eigenvalue weighted by molar-refractivity contribution is 5.94. The third kappa shape index (κ3) is 5.81. The molecule has 0 fully saturated rings. The predicted molar refractivity (Wildman–Crippen MR) is 127 cm³/mol. The molecule has 4 rings (SSSR count). The average Bonchev–Trinajstić information content (AvgIpc) is 2.92. The van der Waals surface area contributed by atoms with Crippen LogP contribution in [0.1, 0.15) is 31.1 Å². The first-order chi connectivity index (χ1) is 17.5. The van der Waals surface area contributed by atoms with Gasteiger partial charge in [-0.15, -0.1) is 0 Å². The minimum Gasteiger partial charge on any atom is -0.425 e. The second-order valence-electron chi connectivity index (χ2n) is 7.23. The van der Waals surface area contributed by atoms with E-state index in [0.717, 1.165) is 12.1 Å². The van der Waals surface area contributed by atoms with Crippen molar-refractivity contribution in [1.29, 1.82) is 0 Å². The van der Waals surface area contributed by atoms with Gasteiger partial charge >= 0.3 is 17.9 Å². The topological polar surface area (TPSA) is 105 Å². The number of benzene rings is 4. The molecule has 0 aliphatic heterocycles. The van der Waals surface area contributed by atoms with Crippen LogP contribution in [0, 0.1) is 0 Å². The maximum Gasteiger partial charge on any atom is 0.343 e. The lowest BCUT2D eigenvalue weighted by Gasteiger charge is -2.15. The lowest BCUT2D eigenvalue weighted by Crippen LogP contribution is -2.14. The van der Waals surface area contributed by atoms with E-state index in [-0.39, 0.29) is 46.2 Å². The number of rotatable bonds is 8. The molecule has 0 bridgehead atoms. The van der Waals surface area contributed by atoms with Crippen LogP contribution in [0.25, 0.3) is 0 Å². The molecule has 8 heteroatoms. The molecule has 4 aromatic carbocycles. The molecule has 0 saturated carbocycles. The lowest BCUT2D eigenvalue weighted by atomic mass is 10.2. The quantitative estimate of drug-likeness (QED) is 0.199. The monoisotopic (exact) mass is 482 g/mol. The van der Waals surface area contributed by atoms with Crippen molar-refractivity contribution in [1.82, 2.24) is 0 Å². The summed E-state index contributed by atoms with van der Waals surface area (Å²) >= 11 is 0. The minimum atomic E-state index is -0.753.